The van der Waals surface area contributed by atoms with Gasteiger partial charge in [-0.3, -0.25) is 0 Å². The molecule has 4 nitrogen and oxygen atoms in total. The number of rotatable bonds is 8. The third-order valence-corrected chi connectivity index (χ3v) is 3.30. The van der Waals surface area contributed by atoms with Gasteiger partial charge in [0.25, 0.3) is 0 Å². The minimum atomic E-state index is 0.305. The summed E-state index contributed by atoms with van der Waals surface area (Å²) in [6, 6.07) is 12.5. The van der Waals surface area contributed by atoms with Gasteiger partial charge in [-0.1, -0.05) is 50.1 Å². The van der Waals surface area contributed by atoms with Crippen molar-refractivity contribution in [2.24, 2.45) is 0 Å². The van der Waals surface area contributed by atoms with Crippen LogP contribution in [0.4, 0.5) is 11.8 Å². The molecule has 2 N–H and O–H groups in total. The Morgan fingerprint density at radius 1 is 1.05 bits per heavy atom. The molecule has 22 heavy (non-hydrogen) atoms. The number of anilines is 2. The van der Waals surface area contributed by atoms with Gasteiger partial charge in [0, 0.05) is 24.2 Å². The fourth-order valence-corrected chi connectivity index (χ4v) is 2.21. The summed E-state index contributed by atoms with van der Waals surface area (Å²) in [5, 5.41) is 6.71. The van der Waals surface area contributed by atoms with E-state index in [1.165, 1.54) is 12.8 Å². The highest BCUT2D eigenvalue weighted by Gasteiger charge is 2.07. The van der Waals surface area contributed by atoms with E-state index in [0.29, 0.717) is 12.0 Å². The lowest BCUT2D eigenvalue weighted by atomic mass is 10.1. The lowest BCUT2D eigenvalue weighted by molar-refractivity contribution is 0.742. The summed E-state index contributed by atoms with van der Waals surface area (Å²) >= 11 is 0. The number of benzene rings is 1. The number of aromatic nitrogens is 2. The van der Waals surface area contributed by atoms with Gasteiger partial charge >= 0.3 is 0 Å². The van der Waals surface area contributed by atoms with Crippen LogP contribution in [0.1, 0.15) is 40.0 Å². The van der Waals surface area contributed by atoms with Crippen LogP contribution in [0.25, 0.3) is 11.3 Å². The molecule has 0 spiro atoms. The van der Waals surface area contributed by atoms with Crippen LogP contribution in [0.2, 0.25) is 0 Å². The van der Waals surface area contributed by atoms with Crippen LogP contribution >= 0.6 is 0 Å². The van der Waals surface area contributed by atoms with E-state index in [2.05, 4.69) is 53.5 Å². The molecule has 2 aromatic rings. The average molecular weight is 298 g/mol. The predicted octanol–water partition coefficient (Wildman–Crippen LogP) is 4.57. The minimum Gasteiger partial charge on any atom is -0.370 e. The molecule has 0 aliphatic rings. The summed E-state index contributed by atoms with van der Waals surface area (Å²) in [5.74, 6) is 1.56. The number of unbranched alkanes of at least 4 members (excludes halogenated alkanes) is 2. The molecule has 0 saturated carbocycles. The quantitative estimate of drug-likeness (QED) is 0.701. The van der Waals surface area contributed by atoms with Crippen LogP contribution in [0, 0.1) is 0 Å². The van der Waals surface area contributed by atoms with Gasteiger partial charge in [-0.25, -0.2) is 4.98 Å². The Bertz CT molecular complexity index is 567. The Hall–Kier alpha value is -2.10. The molecule has 0 unspecified atom stereocenters. The molecule has 0 amide bonds. The summed E-state index contributed by atoms with van der Waals surface area (Å²) in [7, 11) is 0. The molecule has 0 atom stereocenters. The first-order chi connectivity index (χ1) is 10.7. The summed E-state index contributed by atoms with van der Waals surface area (Å²) in [4.78, 5) is 9.19. The van der Waals surface area contributed by atoms with E-state index in [9.17, 15) is 0 Å². The number of hydrogen-bond acceptors (Lipinski definition) is 4. The number of nitrogens with one attached hydrogen (secondary N) is 2. The van der Waals surface area contributed by atoms with E-state index in [-0.39, 0.29) is 0 Å². The predicted molar refractivity (Wildman–Crippen MR) is 94.2 cm³/mol. The van der Waals surface area contributed by atoms with E-state index in [1.54, 1.807) is 0 Å². The van der Waals surface area contributed by atoms with Crippen molar-refractivity contribution in [1.82, 2.24) is 9.97 Å². The molecule has 2 rings (SSSR count). The van der Waals surface area contributed by atoms with Crippen molar-refractivity contribution >= 4 is 11.8 Å². The standard InChI is InChI=1S/C18H26N4/c1-4-5-9-12-19-17-13-16(15-10-7-6-8-11-15)21-18(22-17)20-14(2)3/h6-8,10-11,13-14H,4-5,9,12H2,1-3H3,(H2,19,20,21,22). The van der Waals surface area contributed by atoms with Crippen LogP contribution in [-0.4, -0.2) is 22.6 Å². The molecule has 1 aromatic heterocycles. The van der Waals surface area contributed by atoms with Gasteiger partial charge in [0.05, 0.1) is 5.69 Å². The molecular formula is C18H26N4. The average Bonchev–Trinajstić information content (AvgIpc) is 2.52. The van der Waals surface area contributed by atoms with E-state index < -0.39 is 0 Å². The highest BCUT2D eigenvalue weighted by molar-refractivity contribution is 5.64. The second-order valence-electron chi connectivity index (χ2n) is 5.76. The molecule has 0 bridgehead atoms. The topological polar surface area (TPSA) is 49.8 Å². The molecule has 1 aromatic carbocycles. The molecule has 0 fully saturated rings. The first kappa shape index (κ1) is 16.3. The zero-order chi connectivity index (χ0) is 15.8. The SMILES string of the molecule is CCCCCNc1cc(-c2ccccc2)nc(NC(C)C)n1. The first-order valence-corrected chi connectivity index (χ1v) is 8.14. The fraction of sp³-hybridized carbons (Fsp3) is 0.444. The Kier molecular flexibility index (Phi) is 6.19. The van der Waals surface area contributed by atoms with Crippen LogP contribution < -0.4 is 10.6 Å². The highest BCUT2D eigenvalue weighted by Crippen LogP contribution is 2.21. The largest absolute Gasteiger partial charge is 0.370 e. The summed E-state index contributed by atoms with van der Waals surface area (Å²) in [6.45, 7) is 7.34. The Morgan fingerprint density at radius 2 is 1.82 bits per heavy atom. The summed E-state index contributed by atoms with van der Waals surface area (Å²) < 4.78 is 0. The maximum absolute atomic E-state index is 4.63. The molecule has 0 radical (unpaired) electrons. The molecule has 4 heteroatoms. The molecule has 1 heterocycles. The van der Waals surface area contributed by atoms with Crippen molar-refractivity contribution < 1.29 is 0 Å². The normalized spacial score (nSPS) is 10.7. The van der Waals surface area contributed by atoms with Gasteiger partial charge in [0.1, 0.15) is 5.82 Å². The van der Waals surface area contributed by atoms with Gasteiger partial charge in [-0.15, -0.1) is 0 Å². The van der Waals surface area contributed by atoms with Crippen molar-refractivity contribution in [3.05, 3.63) is 36.4 Å². The molecule has 118 valence electrons. The van der Waals surface area contributed by atoms with Crippen molar-refractivity contribution in [3.8, 4) is 11.3 Å². The lowest BCUT2D eigenvalue weighted by Gasteiger charge is -2.13. The van der Waals surface area contributed by atoms with Crippen molar-refractivity contribution in [1.29, 1.82) is 0 Å². The second-order valence-corrected chi connectivity index (χ2v) is 5.76. The molecular weight excluding hydrogens is 272 g/mol. The van der Waals surface area contributed by atoms with Crippen molar-refractivity contribution in [3.63, 3.8) is 0 Å². The van der Waals surface area contributed by atoms with Crippen molar-refractivity contribution in [2.75, 3.05) is 17.2 Å². The van der Waals surface area contributed by atoms with E-state index in [0.717, 1.165) is 30.0 Å². The maximum atomic E-state index is 4.63. The maximum Gasteiger partial charge on any atom is 0.225 e. The van der Waals surface area contributed by atoms with Crippen LogP contribution in [0.5, 0.6) is 0 Å². The van der Waals surface area contributed by atoms with Gasteiger partial charge in [-0.05, 0) is 20.3 Å². The van der Waals surface area contributed by atoms with Crippen LogP contribution in [0.3, 0.4) is 0 Å². The van der Waals surface area contributed by atoms with E-state index in [1.807, 2.05) is 24.3 Å². The third-order valence-electron chi connectivity index (χ3n) is 3.30. The van der Waals surface area contributed by atoms with Gasteiger partial charge in [0.2, 0.25) is 5.95 Å². The minimum absolute atomic E-state index is 0.305. The van der Waals surface area contributed by atoms with E-state index in [4.69, 9.17) is 0 Å². The zero-order valence-corrected chi connectivity index (χ0v) is 13.8. The summed E-state index contributed by atoms with van der Waals surface area (Å²) in [5.41, 5.74) is 2.05. The first-order valence-electron chi connectivity index (χ1n) is 8.14. The highest BCUT2D eigenvalue weighted by atomic mass is 15.1. The Balaban J connectivity index is 2.21. The summed E-state index contributed by atoms with van der Waals surface area (Å²) in [6.07, 6.45) is 3.62. The molecule has 0 aliphatic heterocycles. The number of hydrogen-bond donors (Lipinski definition) is 2. The van der Waals surface area contributed by atoms with Gasteiger partial charge in [0.15, 0.2) is 0 Å². The Morgan fingerprint density at radius 3 is 2.50 bits per heavy atom. The monoisotopic (exact) mass is 298 g/mol. The van der Waals surface area contributed by atoms with E-state index >= 15 is 0 Å². The van der Waals surface area contributed by atoms with Crippen molar-refractivity contribution in [2.45, 2.75) is 46.1 Å². The molecule has 0 saturated heterocycles. The van der Waals surface area contributed by atoms with Gasteiger partial charge < -0.3 is 10.6 Å². The number of nitrogens with zero attached hydrogens (tertiary/aromatic N) is 2. The molecule has 0 aliphatic carbocycles. The lowest BCUT2D eigenvalue weighted by Crippen LogP contribution is -2.14. The van der Waals surface area contributed by atoms with Crippen LogP contribution in [-0.2, 0) is 0 Å². The second kappa shape index (κ2) is 8.37. The van der Waals surface area contributed by atoms with Gasteiger partial charge in [-0.2, -0.15) is 4.98 Å². The smallest absolute Gasteiger partial charge is 0.225 e. The Labute approximate surface area is 133 Å². The zero-order valence-electron chi connectivity index (χ0n) is 13.8. The fourth-order valence-electron chi connectivity index (χ4n) is 2.21. The third kappa shape index (κ3) is 5.02. The van der Waals surface area contributed by atoms with Crippen LogP contribution in [0.15, 0.2) is 36.4 Å².